The second-order valence-corrected chi connectivity index (χ2v) is 7.18. The molecule has 27 heavy (non-hydrogen) atoms. The number of hydrogen-bond acceptors (Lipinski definition) is 6. The fraction of sp³-hybridized carbons (Fsp3) is 0.500. The molecule has 0 aromatic carbocycles. The lowest BCUT2D eigenvalue weighted by Gasteiger charge is -2.27. The molecular formula is C18H22N6O3. The lowest BCUT2D eigenvalue weighted by atomic mass is 9.81. The average molecular weight is 370 g/mol. The van der Waals surface area contributed by atoms with Crippen molar-refractivity contribution in [2.45, 2.75) is 45.6 Å². The fourth-order valence-corrected chi connectivity index (χ4v) is 3.82. The summed E-state index contributed by atoms with van der Waals surface area (Å²) >= 11 is 0. The molecule has 0 bridgehead atoms. The molecular weight excluding hydrogens is 348 g/mol. The summed E-state index contributed by atoms with van der Waals surface area (Å²) in [5.41, 5.74) is 1.03. The summed E-state index contributed by atoms with van der Waals surface area (Å²) < 4.78 is 3.00. The van der Waals surface area contributed by atoms with Gasteiger partial charge in [-0.1, -0.05) is 26.2 Å². The Hall–Kier alpha value is -2.97. The molecule has 1 fully saturated rings. The van der Waals surface area contributed by atoms with Gasteiger partial charge in [0.15, 0.2) is 0 Å². The van der Waals surface area contributed by atoms with E-state index in [1.165, 1.54) is 49.2 Å². The molecule has 9 heteroatoms. The first-order valence-electron chi connectivity index (χ1n) is 9.26. The summed E-state index contributed by atoms with van der Waals surface area (Å²) in [6.45, 7) is 2.99. The Morgan fingerprint density at radius 3 is 2.56 bits per heavy atom. The van der Waals surface area contributed by atoms with Crippen molar-refractivity contribution in [1.82, 2.24) is 29.5 Å². The molecule has 0 radical (unpaired) electrons. The van der Waals surface area contributed by atoms with Crippen molar-refractivity contribution in [3.63, 3.8) is 0 Å². The van der Waals surface area contributed by atoms with Crippen molar-refractivity contribution in [2.75, 3.05) is 0 Å². The molecule has 3 aromatic heterocycles. The largest absolute Gasteiger partial charge is 0.492 e. The minimum absolute atomic E-state index is 0.0246. The van der Waals surface area contributed by atoms with Crippen LogP contribution in [0.4, 0.5) is 0 Å². The molecule has 0 saturated heterocycles. The third-order valence-electron chi connectivity index (χ3n) is 5.47. The van der Waals surface area contributed by atoms with Gasteiger partial charge in [0.25, 0.3) is 5.95 Å². The highest BCUT2D eigenvalue weighted by molar-refractivity contribution is 5.87. The van der Waals surface area contributed by atoms with Crippen molar-refractivity contribution in [3.8, 4) is 11.8 Å². The maximum absolute atomic E-state index is 11.0. The van der Waals surface area contributed by atoms with Crippen LogP contribution in [-0.2, 0) is 6.54 Å². The van der Waals surface area contributed by atoms with Gasteiger partial charge < -0.3 is 10.2 Å². The van der Waals surface area contributed by atoms with E-state index in [1.54, 1.807) is 10.9 Å². The van der Waals surface area contributed by atoms with Gasteiger partial charge >= 0.3 is 5.97 Å². The van der Waals surface area contributed by atoms with Crippen molar-refractivity contribution in [1.29, 1.82) is 0 Å². The van der Waals surface area contributed by atoms with Crippen LogP contribution in [0.2, 0.25) is 0 Å². The molecule has 9 nitrogen and oxygen atoms in total. The molecule has 1 aliphatic carbocycles. The van der Waals surface area contributed by atoms with E-state index in [9.17, 15) is 9.90 Å². The number of aromatic carboxylic acids is 1. The van der Waals surface area contributed by atoms with Gasteiger partial charge in [0.05, 0.1) is 18.0 Å². The normalized spacial score (nSPS) is 20.2. The van der Waals surface area contributed by atoms with Crippen molar-refractivity contribution in [3.05, 3.63) is 24.2 Å². The van der Waals surface area contributed by atoms with Crippen LogP contribution in [0.15, 0.2) is 18.6 Å². The molecule has 1 saturated carbocycles. The van der Waals surface area contributed by atoms with E-state index in [-0.39, 0.29) is 17.4 Å². The zero-order valence-electron chi connectivity index (χ0n) is 15.1. The van der Waals surface area contributed by atoms with Crippen LogP contribution < -0.4 is 0 Å². The van der Waals surface area contributed by atoms with E-state index in [0.29, 0.717) is 17.0 Å². The monoisotopic (exact) mass is 370 g/mol. The Balaban J connectivity index is 1.59. The molecule has 0 amide bonds. The number of nitrogens with zero attached hydrogens (tertiary/aromatic N) is 6. The van der Waals surface area contributed by atoms with Crippen LogP contribution in [0.1, 0.15) is 49.4 Å². The first-order valence-corrected chi connectivity index (χ1v) is 9.26. The summed E-state index contributed by atoms with van der Waals surface area (Å²) in [5, 5.41) is 27.8. The molecule has 4 rings (SSSR count). The zero-order valence-corrected chi connectivity index (χ0v) is 15.1. The number of carbonyl (C=O) groups is 1. The van der Waals surface area contributed by atoms with Crippen LogP contribution in [0.3, 0.4) is 0 Å². The van der Waals surface area contributed by atoms with Crippen LogP contribution in [0.5, 0.6) is 5.88 Å². The van der Waals surface area contributed by atoms with Gasteiger partial charge in [0, 0.05) is 12.7 Å². The second-order valence-electron chi connectivity index (χ2n) is 7.18. The zero-order chi connectivity index (χ0) is 19.0. The third-order valence-corrected chi connectivity index (χ3v) is 5.47. The molecule has 1 aliphatic rings. The fourth-order valence-electron chi connectivity index (χ4n) is 3.82. The van der Waals surface area contributed by atoms with Crippen molar-refractivity contribution < 1.29 is 15.0 Å². The van der Waals surface area contributed by atoms with Gasteiger partial charge in [0.1, 0.15) is 11.0 Å². The summed E-state index contributed by atoms with van der Waals surface area (Å²) in [6.07, 6.45) is 10.2. The maximum Gasteiger partial charge on any atom is 0.338 e. The van der Waals surface area contributed by atoms with Crippen LogP contribution in [0, 0.1) is 11.8 Å². The van der Waals surface area contributed by atoms with E-state index in [4.69, 9.17) is 5.11 Å². The Kier molecular flexibility index (Phi) is 4.51. The number of aromatic hydroxyl groups is 1. The minimum Gasteiger partial charge on any atom is -0.492 e. The third kappa shape index (κ3) is 3.36. The standard InChI is InChI=1S/C18H22N6O3/c1-2-11-3-5-12(6-4-11)9-23-15-14(8-20-23)21-18(22-16(15)25)24-10-13(7-19-24)17(26)27/h7-8,10-12H,2-6,9H2,1H3,(H,26,27)(H,21,22,25)/t11-,12-. The molecule has 3 aromatic rings. The van der Waals surface area contributed by atoms with E-state index >= 15 is 0 Å². The van der Waals surface area contributed by atoms with E-state index in [1.807, 2.05) is 0 Å². The minimum atomic E-state index is -1.09. The predicted molar refractivity (Wildman–Crippen MR) is 96.8 cm³/mol. The first-order chi connectivity index (χ1) is 13.0. The molecule has 0 unspecified atom stereocenters. The second kappa shape index (κ2) is 6.98. The molecule has 0 spiro atoms. The van der Waals surface area contributed by atoms with Crippen LogP contribution in [0.25, 0.3) is 17.0 Å². The summed E-state index contributed by atoms with van der Waals surface area (Å²) in [6, 6.07) is 0. The number of aromatic nitrogens is 6. The molecule has 2 N–H and O–H groups in total. The van der Waals surface area contributed by atoms with Gasteiger partial charge in [0.2, 0.25) is 5.88 Å². The van der Waals surface area contributed by atoms with Crippen LogP contribution in [-0.4, -0.2) is 45.7 Å². The summed E-state index contributed by atoms with van der Waals surface area (Å²) in [5.74, 6) is 0.216. The summed E-state index contributed by atoms with van der Waals surface area (Å²) in [7, 11) is 0. The number of fused-ring (bicyclic) bond motifs is 1. The Morgan fingerprint density at radius 2 is 1.89 bits per heavy atom. The number of rotatable bonds is 5. The SMILES string of the molecule is CC[C@H]1CC[C@H](Cn2ncc3nc(-n4cc(C(=O)O)cn4)nc(O)c32)CC1. The van der Waals surface area contributed by atoms with Crippen molar-refractivity contribution in [2.24, 2.45) is 11.8 Å². The van der Waals surface area contributed by atoms with E-state index < -0.39 is 5.97 Å². The highest BCUT2D eigenvalue weighted by Crippen LogP contribution is 2.32. The number of carboxylic acid groups (broad SMARTS) is 1. The van der Waals surface area contributed by atoms with E-state index in [0.717, 1.165) is 12.5 Å². The lowest BCUT2D eigenvalue weighted by Crippen LogP contribution is -2.19. The highest BCUT2D eigenvalue weighted by Gasteiger charge is 2.22. The average Bonchev–Trinajstić information content (AvgIpc) is 3.30. The topological polar surface area (TPSA) is 119 Å². The van der Waals surface area contributed by atoms with Gasteiger partial charge in [-0.15, -0.1) is 0 Å². The maximum atomic E-state index is 11.0. The molecule has 3 heterocycles. The quantitative estimate of drug-likeness (QED) is 0.708. The molecule has 0 aliphatic heterocycles. The predicted octanol–water partition coefficient (Wildman–Crippen LogP) is 2.63. The van der Waals surface area contributed by atoms with Gasteiger partial charge in [-0.2, -0.15) is 15.2 Å². The van der Waals surface area contributed by atoms with Gasteiger partial charge in [-0.3, -0.25) is 4.68 Å². The van der Waals surface area contributed by atoms with Crippen LogP contribution >= 0.6 is 0 Å². The lowest BCUT2D eigenvalue weighted by molar-refractivity contribution is 0.0697. The first kappa shape index (κ1) is 17.4. The molecule has 0 atom stereocenters. The Morgan fingerprint density at radius 1 is 1.15 bits per heavy atom. The smallest absolute Gasteiger partial charge is 0.338 e. The summed E-state index contributed by atoms with van der Waals surface area (Å²) in [4.78, 5) is 19.5. The highest BCUT2D eigenvalue weighted by atomic mass is 16.4. The Labute approximate surface area is 155 Å². The van der Waals surface area contributed by atoms with Gasteiger partial charge in [-0.25, -0.2) is 14.5 Å². The van der Waals surface area contributed by atoms with Gasteiger partial charge in [-0.05, 0) is 24.7 Å². The van der Waals surface area contributed by atoms with E-state index in [2.05, 4.69) is 27.1 Å². The number of carboxylic acids is 1. The Bertz CT molecular complexity index is 971. The number of hydrogen-bond donors (Lipinski definition) is 2. The molecule has 142 valence electrons. The van der Waals surface area contributed by atoms with Crippen molar-refractivity contribution >= 4 is 17.0 Å².